The molecule has 0 spiro atoms. The molecule has 0 unspecified atom stereocenters. The van der Waals surface area contributed by atoms with Gasteiger partial charge in [-0.1, -0.05) is 0 Å². The molecular weight excluding hydrogens is 242 g/mol. The van der Waals surface area contributed by atoms with Gasteiger partial charge >= 0.3 is 0 Å². The highest BCUT2D eigenvalue weighted by atomic mass is 32.1. The monoisotopic (exact) mass is 255 g/mol. The molecule has 0 atom stereocenters. The molecule has 3 rings (SSSR count). The summed E-state index contributed by atoms with van der Waals surface area (Å²) in [7, 11) is 0. The maximum Gasteiger partial charge on any atom is 0.147 e. The molecular formula is C14H13N3S. The molecule has 4 heteroatoms. The number of anilines is 1. The summed E-state index contributed by atoms with van der Waals surface area (Å²) in [5, 5.41) is 11.3. The predicted octanol–water partition coefficient (Wildman–Crippen LogP) is 2.89. The molecule has 0 radical (unpaired) electrons. The molecule has 3 heterocycles. The summed E-state index contributed by atoms with van der Waals surface area (Å²) in [6.45, 7) is 3.77. The number of nitriles is 1. The average molecular weight is 255 g/mol. The van der Waals surface area contributed by atoms with Crippen molar-refractivity contribution in [2.45, 2.75) is 19.9 Å². The van der Waals surface area contributed by atoms with E-state index >= 15 is 0 Å². The third-order valence-electron chi connectivity index (χ3n) is 3.24. The second-order valence-electron chi connectivity index (χ2n) is 4.48. The second kappa shape index (κ2) is 4.43. The summed E-state index contributed by atoms with van der Waals surface area (Å²) in [4.78, 5) is 8.21. The normalized spacial score (nSPS) is 14.1. The van der Waals surface area contributed by atoms with Crippen molar-refractivity contribution in [2.24, 2.45) is 0 Å². The molecule has 3 nitrogen and oxygen atoms in total. The van der Waals surface area contributed by atoms with Crippen LogP contribution in [-0.4, -0.2) is 11.5 Å². The SMILES string of the molecule is Cc1ccc(C#N)c(N2CCc3sccc3C2)n1. The lowest BCUT2D eigenvalue weighted by molar-refractivity contribution is 0.729. The van der Waals surface area contributed by atoms with Crippen LogP contribution in [0.3, 0.4) is 0 Å². The van der Waals surface area contributed by atoms with E-state index in [0.717, 1.165) is 31.0 Å². The second-order valence-corrected chi connectivity index (χ2v) is 5.48. The van der Waals surface area contributed by atoms with Crippen LogP contribution in [0.4, 0.5) is 5.82 Å². The lowest BCUT2D eigenvalue weighted by Crippen LogP contribution is -2.30. The van der Waals surface area contributed by atoms with E-state index in [1.165, 1.54) is 10.4 Å². The summed E-state index contributed by atoms with van der Waals surface area (Å²) in [5.74, 6) is 0.828. The molecule has 0 saturated carbocycles. The van der Waals surface area contributed by atoms with Crippen molar-refractivity contribution in [1.29, 1.82) is 5.26 Å². The molecule has 2 aromatic heterocycles. The maximum atomic E-state index is 9.18. The number of thiophene rings is 1. The van der Waals surface area contributed by atoms with Crippen molar-refractivity contribution in [1.82, 2.24) is 4.98 Å². The quantitative estimate of drug-likeness (QED) is 0.786. The Labute approximate surface area is 110 Å². The Balaban J connectivity index is 1.98. The van der Waals surface area contributed by atoms with Gasteiger partial charge in [-0.2, -0.15) is 5.26 Å². The van der Waals surface area contributed by atoms with Crippen LogP contribution in [0.15, 0.2) is 23.6 Å². The zero-order valence-corrected chi connectivity index (χ0v) is 11.0. The first-order chi connectivity index (χ1) is 8.78. The van der Waals surface area contributed by atoms with Gasteiger partial charge in [0.15, 0.2) is 0 Å². The number of nitrogens with zero attached hydrogens (tertiary/aromatic N) is 3. The zero-order chi connectivity index (χ0) is 12.5. The van der Waals surface area contributed by atoms with Crippen molar-refractivity contribution in [3.63, 3.8) is 0 Å². The van der Waals surface area contributed by atoms with Gasteiger partial charge in [0.2, 0.25) is 0 Å². The lowest BCUT2D eigenvalue weighted by atomic mass is 10.1. The van der Waals surface area contributed by atoms with E-state index in [4.69, 9.17) is 0 Å². The zero-order valence-electron chi connectivity index (χ0n) is 10.2. The summed E-state index contributed by atoms with van der Waals surface area (Å²) in [6.07, 6.45) is 1.05. The van der Waals surface area contributed by atoms with Crippen molar-refractivity contribution in [2.75, 3.05) is 11.4 Å². The van der Waals surface area contributed by atoms with E-state index in [0.29, 0.717) is 5.56 Å². The smallest absolute Gasteiger partial charge is 0.147 e. The molecule has 0 fully saturated rings. The van der Waals surface area contributed by atoms with E-state index < -0.39 is 0 Å². The van der Waals surface area contributed by atoms with Crippen LogP contribution in [0, 0.1) is 18.3 Å². The Morgan fingerprint density at radius 3 is 3.11 bits per heavy atom. The lowest BCUT2D eigenvalue weighted by Gasteiger charge is -2.28. The van der Waals surface area contributed by atoms with Crippen molar-refractivity contribution >= 4 is 17.2 Å². The Kier molecular flexibility index (Phi) is 2.77. The summed E-state index contributed by atoms with van der Waals surface area (Å²) < 4.78 is 0. The molecule has 0 saturated heterocycles. The number of hydrogen-bond donors (Lipinski definition) is 0. The average Bonchev–Trinajstić information content (AvgIpc) is 2.85. The van der Waals surface area contributed by atoms with Gasteiger partial charge in [-0.25, -0.2) is 4.98 Å². The molecule has 1 aliphatic heterocycles. The molecule has 0 aromatic carbocycles. The van der Waals surface area contributed by atoms with Gasteiger partial charge in [0.1, 0.15) is 11.9 Å². The van der Waals surface area contributed by atoms with Gasteiger partial charge < -0.3 is 4.90 Å². The Hall–Kier alpha value is -1.86. The fraction of sp³-hybridized carbons (Fsp3) is 0.286. The number of hydrogen-bond acceptors (Lipinski definition) is 4. The van der Waals surface area contributed by atoms with Crippen LogP contribution >= 0.6 is 11.3 Å². The minimum Gasteiger partial charge on any atom is -0.351 e. The molecule has 0 aliphatic carbocycles. The molecule has 1 aliphatic rings. The van der Waals surface area contributed by atoms with E-state index in [2.05, 4.69) is 27.4 Å². The van der Waals surface area contributed by atoms with Crippen LogP contribution in [-0.2, 0) is 13.0 Å². The predicted molar refractivity (Wildman–Crippen MR) is 72.8 cm³/mol. The van der Waals surface area contributed by atoms with Crippen LogP contribution in [0.2, 0.25) is 0 Å². The van der Waals surface area contributed by atoms with E-state index in [1.54, 1.807) is 0 Å². The Bertz CT molecular complexity index is 624. The van der Waals surface area contributed by atoms with Crippen molar-refractivity contribution < 1.29 is 0 Å². The summed E-state index contributed by atoms with van der Waals surface area (Å²) in [6, 6.07) is 8.16. The maximum absolute atomic E-state index is 9.18. The molecule has 2 aromatic rings. The minimum absolute atomic E-state index is 0.666. The number of rotatable bonds is 1. The molecule has 90 valence electrons. The Morgan fingerprint density at radius 1 is 1.39 bits per heavy atom. The third-order valence-corrected chi connectivity index (χ3v) is 4.27. The van der Waals surface area contributed by atoms with Crippen molar-refractivity contribution in [3.8, 4) is 6.07 Å². The first kappa shape index (κ1) is 11.2. The van der Waals surface area contributed by atoms with Gasteiger partial charge in [-0.15, -0.1) is 11.3 Å². The van der Waals surface area contributed by atoms with Crippen LogP contribution in [0.1, 0.15) is 21.7 Å². The number of fused-ring (bicyclic) bond motifs is 1. The van der Waals surface area contributed by atoms with E-state index in [-0.39, 0.29) is 0 Å². The summed E-state index contributed by atoms with van der Waals surface area (Å²) in [5.41, 5.74) is 3.00. The fourth-order valence-electron chi connectivity index (χ4n) is 2.30. The first-order valence-corrected chi connectivity index (χ1v) is 6.84. The first-order valence-electron chi connectivity index (χ1n) is 5.96. The fourth-order valence-corrected chi connectivity index (χ4v) is 3.19. The number of aryl methyl sites for hydroxylation is 1. The van der Waals surface area contributed by atoms with E-state index in [1.807, 2.05) is 30.4 Å². The number of aromatic nitrogens is 1. The van der Waals surface area contributed by atoms with Crippen LogP contribution in [0.25, 0.3) is 0 Å². The van der Waals surface area contributed by atoms with Gasteiger partial charge in [-0.3, -0.25) is 0 Å². The molecule has 0 amide bonds. The highest BCUT2D eigenvalue weighted by Crippen LogP contribution is 2.28. The van der Waals surface area contributed by atoms with Gasteiger partial charge in [0.25, 0.3) is 0 Å². The summed E-state index contributed by atoms with van der Waals surface area (Å²) >= 11 is 1.82. The molecule has 0 N–H and O–H groups in total. The number of pyridine rings is 1. The highest BCUT2D eigenvalue weighted by molar-refractivity contribution is 7.10. The minimum atomic E-state index is 0.666. The topological polar surface area (TPSA) is 39.9 Å². The molecule has 0 bridgehead atoms. The van der Waals surface area contributed by atoms with Gasteiger partial charge in [0.05, 0.1) is 5.56 Å². The highest BCUT2D eigenvalue weighted by Gasteiger charge is 2.20. The third kappa shape index (κ3) is 1.87. The van der Waals surface area contributed by atoms with Crippen LogP contribution < -0.4 is 4.90 Å². The van der Waals surface area contributed by atoms with Crippen LogP contribution in [0.5, 0.6) is 0 Å². The van der Waals surface area contributed by atoms with Gasteiger partial charge in [-0.05, 0) is 42.5 Å². The largest absolute Gasteiger partial charge is 0.351 e. The molecule has 18 heavy (non-hydrogen) atoms. The Morgan fingerprint density at radius 2 is 2.28 bits per heavy atom. The standard InChI is InChI=1S/C14H13N3S/c1-10-2-3-11(8-15)14(16-10)17-6-4-13-12(9-17)5-7-18-13/h2-3,5,7H,4,6,9H2,1H3. The van der Waals surface area contributed by atoms with Gasteiger partial charge in [0, 0.05) is 23.7 Å². The van der Waals surface area contributed by atoms with Crippen molar-refractivity contribution in [3.05, 3.63) is 45.3 Å². The van der Waals surface area contributed by atoms with E-state index in [9.17, 15) is 5.26 Å².